The molecule has 0 aliphatic carbocycles. The van der Waals surface area contributed by atoms with E-state index < -0.39 is 10.4 Å². The lowest BCUT2D eigenvalue weighted by Crippen LogP contribution is -2.15. The van der Waals surface area contributed by atoms with Gasteiger partial charge in [-0.05, 0) is 148 Å². The van der Waals surface area contributed by atoms with Crippen LogP contribution in [-0.2, 0) is 10.4 Å². The molecule has 0 amide bonds. The molecule has 0 saturated carbocycles. The quantitative estimate of drug-likeness (QED) is 0.0677. The van der Waals surface area contributed by atoms with Crippen LogP contribution in [0.15, 0.2) is 170 Å². The molecule has 8 aromatic carbocycles. The lowest BCUT2D eigenvalue weighted by molar-refractivity contribution is -0.431. The van der Waals surface area contributed by atoms with Crippen molar-refractivity contribution in [3.05, 3.63) is 192 Å². The Balaban J connectivity index is 0.000000165. The maximum absolute atomic E-state index is 8.52. The molecule has 10 nitrogen and oxygen atoms in total. The zero-order chi connectivity index (χ0) is 47.2. The third-order valence-corrected chi connectivity index (χ3v) is 12.2. The van der Waals surface area contributed by atoms with Crippen LogP contribution in [-0.4, -0.2) is 78.5 Å². The molecule has 0 aromatic heterocycles. The van der Waals surface area contributed by atoms with E-state index >= 15 is 0 Å². The van der Waals surface area contributed by atoms with E-state index in [-0.39, 0.29) is 0 Å². The number of ether oxygens (including phenoxy) is 2. The molecule has 0 radical (unpaired) electrons. The summed E-state index contributed by atoms with van der Waals surface area (Å²) in [6.07, 6.45) is 0. The van der Waals surface area contributed by atoms with Crippen molar-refractivity contribution in [1.82, 2.24) is 0 Å². The Morgan fingerprint density at radius 3 is 1.04 bits per heavy atom. The van der Waals surface area contributed by atoms with Crippen molar-refractivity contribution in [2.45, 2.75) is 27.7 Å². The summed E-state index contributed by atoms with van der Waals surface area (Å²) >= 11 is 0. The van der Waals surface area contributed by atoms with E-state index in [0.29, 0.717) is 13.2 Å². The standard InChI is InChI=1S/2C28H27N2O.H2O4S/c2*1-4-30-26-11-7-9-20-8-6-10-25(27(20)26)28(30)21-12-14-22(15-13-21)29(3)23-16-18-24(19-17-23)31-5-2;1-5(2,3)4/h2*6-19H,4-5H2,1-3H3;(H2,1,2,3,4)/q2*+1;/p-2. The average molecular weight is 911 g/mol. The second-order valence-corrected chi connectivity index (χ2v) is 16.8. The summed E-state index contributed by atoms with van der Waals surface area (Å²) < 4.78 is 50.1. The third-order valence-electron chi connectivity index (χ3n) is 12.2. The van der Waals surface area contributed by atoms with Crippen LogP contribution < -0.4 is 19.3 Å². The van der Waals surface area contributed by atoms with Gasteiger partial charge in [-0.1, -0.05) is 48.5 Å². The molecule has 11 heteroatoms. The van der Waals surface area contributed by atoms with Crippen molar-refractivity contribution in [3.63, 3.8) is 0 Å². The van der Waals surface area contributed by atoms with Gasteiger partial charge in [-0.25, -0.2) is 0 Å². The molecule has 2 heterocycles. The summed E-state index contributed by atoms with van der Waals surface area (Å²) in [5, 5.41) is 5.32. The second-order valence-electron chi connectivity index (χ2n) is 16.0. The van der Waals surface area contributed by atoms with Gasteiger partial charge in [-0.15, -0.1) is 0 Å². The Morgan fingerprint density at radius 1 is 0.448 bits per heavy atom. The Morgan fingerprint density at radius 2 is 0.746 bits per heavy atom. The summed E-state index contributed by atoms with van der Waals surface area (Å²) in [5.41, 5.74) is 14.9. The van der Waals surface area contributed by atoms with E-state index in [9.17, 15) is 0 Å². The van der Waals surface area contributed by atoms with Crippen LogP contribution in [0.3, 0.4) is 0 Å². The minimum Gasteiger partial charge on any atom is -0.759 e. The van der Waals surface area contributed by atoms with Crippen LogP contribution in [0.5, 0.6) is 11.5 Å². The van der Waals surface area contributed by atoms with Crippen molar-refractivity contribution in [1.29, 1.82) is 0 Å². The first-order valence-electron chi connectivity index (χ1n) is 22.6. The van der Waals surface area contributed by atoms with Gasteiger partial charge < -0.3 is 28.4 Å². The smallest absolute Gasteiger partial charge is 0.221 e. The lowest BCUT2D eigenvalue weighted by Gasteiger charge is -2.20. The molecular formula is C56H54N4O6S. The molecule has 0 bridgehead atoms. The highest BCUT2D eigenvalue weighted by atomic mass is 32.3. The van der Waals surface area contributed by atoms with E-state index in [1.54, 1.807) is 0 Å². The van der Waals surface area contributed by atoms with Gasteiger partial charge in [0.15, 0.2) is 0 Å². The number of hydrogen-bond donors (Lipinski definition) is 0. The van der Waals surface area contributed by atoms with E-state index in [1.807, 2.05) is 38.1 Å². The molecule has 0 unspecified atom stereocenters. The van der Waals surface area contributed by atoms with Gasteiger partial charge in [0.05, 0.1) is 35.1 Å². The molecule has 67 heavy (non-hydrogen) atoms. The van der Waals surface area contributed by atoms with Gasteiger partial charge in [-0.2, -0.15) is 9.15 Å². The fraction of sp³-hybridized carbons (Fsp3) is 0.179. The fourth-order valence-corrected chi connectivity index (χ4v) is 9.15. The summed E-state index contributed by atoms with van der Waals surface area (Å²) in [4.78, 5) is 4.40. The minimum atomic E-state index is -5.17. The number of benzene rings is 8. The van der Waals surface area contributed by atoms with Crippen LogP contribution in [0.2, 0.25) is 0 Å². The molecule has 10 rings (SSSR count). The molecule has 0 N–H and O–H groups in total. The van der Waals surface area contributed by atoms with Crippen LogP contribution in [0.25, 0.3) is 21.5 Å². The minimum absolute atomic E-state index is 0.682. The Bertz CT molecular complexity index is 3000. The normalized spacial score (nSPS) is 12.4. The SMILES string of the molecule is CCOc1ccc(N(C)c2ccc(C3=[N+](CC)c4cccc5cccc3c45)cc2)cc1.CCOc1ccc(N(C)c2ccc(C3=[N+](CC)c4cccc5cccc3c45)cc2)cc1.O=S(=O)([O-])[O-]. The van der Waals surface area contributed by atoms with Crippen LogP contribution >= 0.6 is 0 Å². The van der Waals surface area contributed by atoms with Crippen molar-refractivity contribution in [2.24, 2.45) is 0 Å². The van der Waals surface area contributed by atoms with Crippen LogP contribution in [0.1, 0.15) is 49.9 Å². The van der Waals surface area contributed by atoms with Gasteiger partial charge in [-0.3, -0.25) is 8.42 Å². The van der Waals surface area contributed by atoms with Crippen LogP contribution in [0.4, 0.5) is 34.1 Å². The van der Waals surface area contributed by atoms with Crippen molar-refractivity contribution in [2.75, 3.05) is 50.2 Å². The maximum atomic E-state index is 8.52. The molecule has 0 fully saturated rings. The average Bonchev–Trinajstić information content (AvgIpc) is 3.85. The molecule has 0 spiro atoms. The summed E-state index contributed by atoms with van der Waals surface area (Å²) in [6.45, 7) is 11.7. The second kappa shape index (κ2) is 20.1. The monoisotopic (exact) mass is 910 g/mol. The number of hydrogen-bond acceptors (Lipinski definition) is 8. The highest BCUT2D eigenvalue weighted by molar-refractivity contribution is 7.79. The predicted molar refractivity (Wildman–Crippen MR) is 270 cm³/mol. The molecule has 8 aromatic rings. The summed E-state index contributed by atoms with van der Waals surface area (Å²) in [7, 11) is -0.968. The van der Waals surface area contributed by atoms with Gasteiger partial charge >= 0.3 is 0 Å². The van der Waals surface area contributed by atoms with Crippen molar-refractivity contribution >= 4 is 77.5 Å². The van der Waals surface area contributed by atoms with Gasteiger partial charge in [0.2, 0.25) is 22.8 Å². The Labute approximate surface area is 393 Å². The van der Waals surface area contributed by atoms with E-state index in [2.05, 4.69) is 192 Å². The number of anilines is 4. The highest BCUT2D eigenvalue weighted by Gasteiger charge is 2.33. The predicted octanol–water partition coefficient (Wildman–Crippen LogP) is 11.7. The number of rotatable bonds is 12. The Kier molecular flexibility index (Phi) is 13.8. The molecule has 2 aliphatic heterocycles. The first-order chi connectivity index (χ1) is 32.4. The highest BCUT2D eigenvalue weighted by Crippen LogP contribution is 2.39. The first-order valence-corrected chi connectivity index (χ1v) is 23.9. The maximum Gasteiger partial charge on any atom is 0.221 e. The van der Waals surface area contributed by atoms with Crippen molar-refractivity contribution < 1.29 is 36.1 Å². The van der Waals surface area contributed by atoms with E-state index in [4.69, 9.17) is 27.0 Å². The summed E-state index contributed by atoms with van der Waals surface area (Å²) in [5.74, 6) is 1.81. The molecule has 2 aliphatic rings. The summed E-state index contributed by atoms with van der Waals surface area (Å²) in [6, 6.07) is 60.7. The van der Waals surface area contributed by atoms with Gasteiger partial charge in [0.25, 0.3) is 0 Å². The Hall–Kier alpha value is -7.31. The molecule has 0 atom stereocenters. The molecular weight excluding hydrogens is 857 g/mol. The zero-order valence-corrected chi connectivity index (χ0v) is 39.5. The van der Waals surface area contributed by atoms with Gasteiger partial charge in [0.1, 0.15) is 24.6 Å². The lowest BCUT2D eigenvalue weighted by atomic mass is 9.98. The van der Waals surface area contributed by atoms with E-state index in [1.165, 1.54) is 66.6 Å². The first kappa shape index (κ1) is 46.2. The van der Waals surface area contributed by atoms with Gasteiger partial charge in [0, 0.05) is 70.5 Å². The largest absolute Gasteiger partial charge is 0.759 e. The topological polar surface area (TPSA) is 111 Å². The fourth-order valence-electron chi connectivity index (χ4n) is 9.15. The van der Waals surface area contributed by atoms with Crippen LogP contribution in [0, 0.1) is 0 Å². The number of nitrogens with zero attached hydrogens (tertiary/aromatic N) is 4. The zero-order valence-electron chi connectivity index (χ0n) is 38.6. The molecule has 340 valence electrons. The van der Waals surface area contributed by atoms with E-state index in [0.717, 1.165) is 47.3 Å². The van der Waals surface area contributed by atoms with Crippen molar-refractivity contribution in [3.8, 4) is 11.5 Å². The third kappa shape index (κ3) is 9.81. The molecule has 0 saturated heterocycles.